The van der Waals surface area contributed by atoms with E-state index < -0.39 is 18.3 Å². The van der Waals surface area contributed by atoms with E-state index in [9.17, 15) is 18.0 Å². The second-order valence-electron chi connectivity index (χ2n) is 5.80. The number of primary amides is 1. The average molecular weight is 294 g/mol. The van der Waals surface area contributed by atoms with Gasteiger partial charge in [-0.15, -0.1) is 0 Å². The fraction of sp³-hybridized carbons (Fsp3) is 0.923. The zero-order chi connectivity index (χ0) is 14.8. The van der Waals surface area contributed by atoms with Gasteiger partial charge in [0.15, 0.2) is 0 Å². The van der Waals surface area contributed by atoms with Gasteiger partial charge in [0.2, 0.25) is 5.91 Å². The molecular formula is C13H21F3N2O2. The Morgan fingerprint density at radius 3 is 2.60 bits per heavy atom. The van der Waals surface area contributed by atoms with E-state index in [0.29, 0.717) is 18.9 Å². The first kappa shape index (κ1) is 15.6. The van der Waals surface area contributed by atoms with Gasteiger partial charge in [-0.2, -0.15) is 13.2 Å². The monoisotopic (exact) mass is 294 g/mol. The first-order chi connectivity index (χ1) is 9.33. The van der Waals surface area contributed by atoms with Crippen LogP contribution in [0.3, 0.4) is 0 Å². The molecule has 0 spiro atoms. The molecule has 0 aromatic heterocycles. The molecule has 2 fully saturated rings. The van der Waals surface area contributed by atoms with Crippen LogP contribution in [0.25, 0.3) is 0 Å². The molecule has 0 bridgehead atoms. The number of nitrogens with two attached hydrogens (primary N) is 1. The van der Waals surface area contributed by atoms with Crippen LogP contribution in [0, 0.1) is 5.92 Å². The Morgan fingerprint density at radius 2 is 2.05 bits per heavy atom. The Morgan fingerprint density at radius 1 is 1.35 bits per heavy atom. The number of halogens is 3. The lowest BCUT2D eigenvalue weighted by Crippen LogP contribution is -2.58. The molecule has 1 amide bonds. The van der Waals surface area contributed by atoms with Gasteiger partial charge in [-0.1, -0.05) is 6.42 Å². The van der Waals surface area contributed by atoms with Gasteiger partial charge in [-0.25, -0.2) is 0 Å². The standard InChI is InChI=1S/C13H21F3N2O2/c14-13(15,16)8-20-7-5-9-2-1-6-12(9,11(17)19)18-10-3-4-10/h9-10,18H,1-8H2,(H2,17,19). The van der Waals surface area contributed by atoms with E-state index in [1.807, 2.05) is 0 Å². The Hall–Kier alpha value is -0.820. The van der Waals surface area contributed by atoms with E-state index in [4.69, 9.17) is 5.73 Å². The van der Waals surface area contributed by atoms with Crippen molar-refractivity contribution in [2.45, 2.75) is 56.3 Å². The van der Waals surface area contributed by atoms with Gasteiger partial charge in [0, 0.05) is 12.6 Å². The summed E-state index contributed by atoms with van der Waals surface area (Å²) in [6.45, 7) is -1.23. The van der Waals surface area contributed by atoms with Crippen molar-refractivity contribution >= 4 is 5.91 Å². The van der Waals surface area contributed by atoms with Crippen LogP contribution in [0.4, 0.5) is 13.2 Å². The number of alkyl halides is 3. The highest BCUT2D eigenvalue weighted by Gasteiger charge is 2.49. The summed E-state index contributed by atoms with van der Waals surface area (Å²) in [5.74, 6) is -0.420. The Kier molecular flexibility index (Phi) is 4.59. The summed E-state index contributed by atoms with van der Waals surface area (Å²) in [5, 5.41) is 3.32. The Bertz CT molecular complexity index is 358. The van der Waals surface area contributed by atoms with Crippen molar-refractivity contribution in [3.63, 3.8) is 0 Å². The van der Waals surface area contributed by atoms with Gasteiger partial charge in [0.25, 0.3) is 0 Å². The molecule has 20 heavy (non-hydrogen) atoms. The van der Waals surface area contributed by atoms with E-state index >= 15 is 0 Å². The van der Waals surface area contributed by atoms with Crippen molar-refractivity contribution in [1.82, 2.24) is 5.32 Å². The largest absolute Gasteiger partial charge is 0.411 e. The van der Waals surface area contributed by atoms with Crippen LogP contribution in [-0.4, -0.2) is 36.9 Å². The van der Waals surface area contributed by atoms with Crippen LogP contribution >= 0.6 is 0 Å². The Labute approximate surface area is 116 Å². The number of hydrogen-bond acceptors (Lipinski definition) is 3. The normalized spacial score (nSPS) is 30.6. The summed E-state index contributed by atoms with van der Waals surface area (Å²) in [5.41, 5.74) is 4.80. The number of amides is 1. The first-order valence-electron chi connectivity index (χ1n) is 7.05. The number of ether oxygens (including phenoxy) is 1. The number of nitrogens with one attached hydrogen (secondary N) is 1. The minimum absolute atomic E-state index is 0.00551. The van der Waals surface area contributed by atoms with Crippen LogP contribution < -0.4 is 11.1 Å². The van der Waals surface area contributed by atoms with Gasteiger partial charge in [0.1, 0.15) is 12.1 Å². The summed E-state index contributed by atoms with van der Waals surface area (Å²) in [6, 6.07) is 0.333. The SMILES string of the molecule is NC(=O)C1(NC2CC2)CCCC1CCOCC(F)(F)F. The van der Waals surface area contributed by atoms with E-state index in [2.05, 4.69) is 10.1 Å². The molecule has 0 aromatic rings. The molecule has 0 aliphatic heterocycles. The summed E-state index contributed by atoms with van der Waals surface area (Å²) >= 11 is 0. The van der Waals surface area contributed by atoms with Crippen molar-refractivity contribution in [2.24, 2.45) is 11.7 Å². The van der Waals surface area contributed by atoms with Gasteiger partial charge in [-0.05, 0) is 38.0 Å². The zero-order valence-electron chi connectivity index (χ0n) is 11.3. The van der Waals surface area contributed by atoms with Crippen molar-refractivity contribution < 1.29 is 22.7 Å². The molecule has 3 N–H and O–H groups in total. The average Bonchev–Trinajstić information content (AvgIpc) is 3.03. The highest BCUT2D eigenvalue weighted by Crippen LogP contribution is 2.40. The molecule has 0 heterocycles. The maximum Gasteiger partial charge on any atom is 0.411 e. The zero-order valence-corrected chi connectivity index (χ0v) is 11.3. The third-order valence-corrected chi connectivity index (χ3v) is 4.18. The molecule has 2 aliphatic rings. The van der Waals surface area contributed by atoms with Gasteiger partial charge in [0.05, 0.1) is 0 Å². The fourth-order valence-electron chi connectivity index (χ4n) is 3.06. The van der Waals surface area contributed by atoms with Crippen molar-refractivity contribution in [3.8, 4) is 0 Å². The number of rotatable bonds is 7. The third kappa shape index (κ3) is 3.85. The lowest BCUT2D eigenvalue weighted by molar-refractivity contribution is -0.175. The van der Waals surface area contributed by atoms with E-state index in [1.165, 1.54) is 0 Å². The minimum Gasteiger partial charge on any atom is -0.372 e. The van der Waals surface area contributed by atoms with Crippen LogP contribution in [0.15, 0.2) is 0 Å². The lowest BCUT2D eigenvalue weighted by atomic mass is 9.84. The molecule has 2 atom stereocenters. The predicted octanol–water partition coefficient (Wildman–Crippen LogP) is 1.73. The topological polar surface area (TPSA) is 64.4 Å². The molecule has 0 aromatic carbocycles. The Balaban J connectivity index is 1.86. The molecule has 2 aliphatic carbocycles. The summed E-state index contributed by atoms with van der Waals surface area (Å²) in [4.78, 5) is 11.8. The van der Waals surface area contributed by atoms with Crippen LogP contribution in [0.2, 0.25) is 0 Å². The maximum atomic E-state index is 12.0. The molecule has 2 unspecified atom stereocenters. The summed E-state index contributed by atoms with van der Waals surface area (Å²) in [6.07, 6.45) is 0.535. The number of carbonyl (C=O) groups excluding carboxylic acids is 1. The molecule has 7 heteroatoms. The highest BCUT2D eigenvalue weighted by atomic mass is 19.4. The van der Waals surface area contributed by atoms with Crippen molar-refractivity contribution in [2.75, 3.05) is 13.2 Å². The first-order valence-corrected chi connectivity index (χ1v) is 7.05. The third-order valence-electron chi connectivity index (χ3n) is 4.18. The molecule has 116 valence electrons. The van der Waals surface area contributed by atoms with Crippen LogP contribution in [0.1, 0.15) is 38.5 Å². The second kappa shape index (κ2) is 5.89. The molecule has 0 radical (unpaired) electrons. The minimum atomic E-state index is -4.30. The smallest absolute Gasteiger partial charge is 0.372 e. The molecular weight excluding hydrogens is 273 g/mol. The van der Waals surface area contributed by atoms with Gasteiger partial charge in [-0.3, -0.25) is 4.79 Å². The van der Waals surface area contributed by atoms with Gasteiger partial charge >= 0.3 is 6.18 Å². The van der Waals surface area contributed by atoms with Crippen molar-refractivity contribution in [1.29, 1.82) is 0 Å². The molecule has 0 saturated heterocycles. The van der Waals surface area contributed by atoms with Gasteiger partial charge < -0.3 is 15.8 Å². The maximum absolute atomic E-state index is 12.0. The van der Waals surface area contributed by atoms with E-state index in [0.717, 1.165) is 25.7 Å². The quantitative estimate of drug-likeness (QED) is 0.703. The van der Waals surface area contributed by atoms with Crippen molar-refractivity contribution in [3.05, 3.63) is 0 Å². The number of hydrogen-bond donors (Lipinski definition) is 2. The fourth-order valence-corrected chi connectivity index (χ4v) is 3.06. The molecule has 4 nitrogen and oxygen atoms in total. The molecule has 2 rings (SSSR count). The summed E-state index contributed by atoms with van der Waals surface area (Å²) < 4.78 is 40.7. The number of carbonyl (C=O) groups is 1. The van der Waals surface area contributed by atoms with E-state index in [1.54, 1.807) is 0 Å². The van der Waals surface area contributed by atoms with Crippen LogP contribution in [0.5, 0.6) is 0 Å². The lowest BCUT2D eigenvalue weighted by Gasteiger charge is -2.34. The van der Waals surface area contributed by atoms with E-state index in [-0.39, 0.29) is 18.4 Å². The summed E-state index contributed by atoms with van der Waals surface area (Å²) in [7, 11) is 0. The predicted molar refractivity (Wildman–Crippen MR) is 66.9 cm³/mol. The second-order valence-corrected chi connectivity index (χ2v) is 5.80. The van der Waals surface area contributed by atoms with Crippen LogP contribution in [-0.2, 0) is 9.53 Å². The highest BCUT2D eigenvalue weighted by molar-refractivity contribution is 5.85. The molecule has 2 saturated carbocycles.